The summed E-state index contributed by atoms with van der Waals surface area (Å²) in [5, 5.41) is 7.40. The van der Waals surface area contributed by atoms with Crippen LogP contribution in [-0.4, -0.2) is 36.0 Å². The fourth-order valence-corrected chi connectivity index (χ4v) is 2.03. The van der Waals surface area contributed by atoms with Crippen LogP contribution in [0.4, 0.5) is 10.5 Å². The first-order chi connectivity index (χ1) is 12.1. The number of carbonyl (C=O) groups excluding carboxylic acids is 4. The lowest BCUT2D eigenvalue weighted by atomic mass is 10.1. The summed E-state index contributed by atoms with van der Waals surface area (Å²) in [6.45, 7) is 4.74. The molecule has 1 fully saturated rings. The van der Waals surface area contributed by atoms with Gasteiger partial charge < -0.3 is 15.4 Å². The van der Waals surface area contributed by atoms with Crippen LogP contribution in [0.2, 0.25) is 0 Å². The van der Waals surface area contributed by atoms with Gasteiger partial charge in [-0.2, -0.15) is 0 Å². The van der Waals surface area contributed by atoms with Crippen molar-refractivity contribution in [2.45, 2.75) is 39.2 Å². The summed E-state index contributed by atoms with van der Waals surface area (Å²) in [6.07, 6.45) is 1.82. The molecule has 1 aliphatic rings. The minimum Gasteiger partial charge on any atom is -0.452 e. The lowest BCUT2D eigenvalue weighted by Gasteiger charge is -2.20. The third-order valence-electron chi connectivity index (χ3n) is 3.41. The van der Waals surface area contributed by atoms with E-state index in [0.29, 0.717) is 5.69 Å². The Morgan fingerprint density at radius 1 is 1.08 bits per heavy atom. The van der Waals surface area contributed by atoms with Crippen LogP contribution in [0.1, 0.15) is 44.0 Å². The second kappa shape index (κ2) is 7.99. The van der Waals surface area contributed by atoms with Crippen LogP contribution in [0.3, 0.4) is 0 Å². The first kappa shape index (κ1) is 19.4. The molecular weight excluding hydrogens is 338 g/mol. The number of esters is 1. The first-order valence-electron chi connectivity index (χ1n) is 8.34. The average Bonchev–Trinajstić information content (AvgIpc) is 3.36. The molecule has 0 atom stereocenters. The Balaban J connectivity index is 1.77. The zero-order chi connectivity index (χ0) is 19.3. The number of ether oxygens (including phenoxy) is 1. The van der Waals surface area contributed by atoms with Gasteiger partial charge in [0, 0.05) is 17.1 Å². The van der Waals surface area contributed by atoms with Crippen LogP contribution in [0.15, 0.2) is 24.3 Å². The smallest absolute Gasteiger partial charge is 0.338 e. The molecule has 2 rings (SSSR count). The van der Waals surface area contributed by atoms with Crippen LogP contribution in [0.5, 0.6) is 0 Å². The molecule has 1 aromatic rings. The number of urea groups is 1. The normalized spacial score (nSPS) is 13.5. The van der Waals surface area contributed by atoms with E-state index in [1.54, 1.807) is 32.9 Å². The van der Waals surface area contributed by atoms with Crippen LogP contribution in [-0.2, 0) is 14.3 Å². The Bertz CT molecular complexity index is 703. The van der Waals surface area contributed by atoms with Crippen molar-refractivity contribution in [1.82, 2.24) is 10.6 Å². The van der Waals surface area contributed by atoms with Crippen LogP contribution in [0.25, 0.3) is 0 Å². The Morgan fingerprint density at radius 2 is 1.69 bits per heavy atom. The number of hydrogen-bond donors (Lipinski definition) is 3. The molecule has 0 unspecified atom stereocenters. The third kappa shape index (κ3) is 6.54. The summed E-state index contributed by atoms with van der Waals surface area (Å²) >= 11 is 0. The molecule has 8 heteroatoms. The van der Waals surface area contributed by atoms with Crippen molar-refractivity contribution in [1.29, 1.82) is 0 Å². The largest absolute Gasteiger partial charge is 0.452 e. The maximum absolute atomic E-state index is 11.9. The van der Waals surface area contributed by atoms with Gasteiger partial charge in [-0.15, -0.1) is 0 Å². The van der Waals surface area contributed by atoms with E-state index in [9.17, 15) is 19.2 Å². The van der Waals surface area contributed by atoms with Gasteiger partial charge in [-0.1, -0.05) is 0 Å². The van der Waals surface area contributed by atoms with Crippen molar-refractivity contribution in [3.05, 3.63) is 29.8 Å². The molecule has 0 saturated heterocycles. The van der Waals surface area contributed by atoms with Crippen molar-refractivity contribution in [3.8, 4) is 0 Å². The summed E-state index contributed by atoms with van der Waals surface area (Å²) in [5.41, 5.74) is 0.342. The number of hydrogen-bond acceptors (Lipinski definition) is 5. The summed E-state index contributed by atoms with van der Waals surface area (Å²) in [6, 6.07) is 5.51. The molecule has 0 radical (unpaired) electrons. The molecule has 0 heterocycles. The molecule has 8 nitrogen and oxygen atoms in total. The van der Waals surface area contributed by atoms with E-state index in [1.165, 1.54) is 12.1 Å². The summed E-state index contributed by atoms with van der Waals surface area (Å²) in [7, 11) is 0. The van der Waals surface area contributed by atoms with E-state index in [1.807, 2.05) is 0 Å². The number of carbonyl (C=O) groups is 4. The summed E-state index contributed by atoms with van der Waals surface area (Å²) in [4.78, 5) is 46.8. The molecule has 1 saturated carbocycles. The van der Waals surface area contributed by atoms with Crippen molar-refractivity contribution >= 4 is 29.5 Å². The van der Waals surface area contributed by atoms with Crippen LogP contribution >= 0.6 is 0 Å². The van der Waals surface area contributed by atoms with E-state index in [2.05, 4.69) is 16.0 Å². The third-order valence-corrected chi connectivity index (χ3v) is 3.41. The van der Waals surface area contributed by atoms with E-state index < -0.39 is 30.1 Å². The second-order valence-electron chi connectivity index (χ2n) is 7.17. The highest BCUT2D eigenvalue weighted by atomic mass is 16.5. The Morgan fingerprint density at radius 3 is 2.23 bits per heavy atom. The number of anilines is 1. The molecule has 26 heavy (non-hydrogen) atoms. The second-order valence-corrected chi connectivity index (χ2v) is 7.17. The lowest BCUT2D eigenvalue weighted by molar-refractivity contribution is -0.123. The van der Waals surface area contributed by atoms with Crippen molar-refractivity contribution in [2.75, 3.05) is 11.9 Å². The molecule has 0 spiro atoms. The minimum absolute atomic E-state index is 0.0227. The van der Waals surface area contributed by atoms with E-state index in [4.69, 9.17) is 4.74 Å². The average molecular weight is 361 g/mol. The number of amides is 4. The van der Waals surface area contributed by atoms with Gasteiger partial charge in [0.05, 0.1) is 5.56 Å². The van der Waals surface area contributed by atoms with E-state index in [0.717, 1.165) is 12.8 Å². The number of nitrogens with one attached hydrogen (secondary N) is 3. The Hall–Kier alpha value is -2.90. The summed E-state index contributed by atoms with van der Waals surface area (Å²) < 4.78 is 4.87. The quantitative estimate of drug-likeness (QED) is 0.692. The number of imide groups is 1. The zero-order valence-electron chi connectivity index (χ0n) is 15.0. The van der Waals surface area contributed by atoms with Crippen LogP contribution < -0.4 is 16.0 Å². The maximum Gasteiger partial charge on any atom is 0.338 e. The highest BCUT2D eigenvalue weighted by Gasteiger charge is 2.29. The standard InChI is InChI=1S/C18H23N3O5/c1-18(2,3)21-17(25)20-14(22)10-26-16(24)12-6-8-13(9-7-12)19-15(23)11-4-5-11/h6-9,11H,4-5,10H2,1-3H3,(H,19,23)(H2,20,21,22,25). The monoisotopic (exact) mass is 361 g/mol. The SMILES string of the molecule is CC(C)(C)NC(=O)NC(=O)COC(=O)c1ccc(NC(=O)C2CC2)cc1. The molecule has 140 valence electrons. The topological polar surface area (TPSA) is 114 Å². The molecule has 1 aromatic carbocycles. The van der Waals surface area contributed by atoms with Gasteiger partial charge in [0.25, 0.3) is 5.91 Å². The van der Waals surface area contributed by atoms with Crippen LogP contribution in [0, 0.1) is 5.92 Å². The Labute approximate surface area is 151 Å². The van der Waals surface area contributed by atoms with E-state index in [-0.39, 0.29) is 17.4 Å². The molecule has 1 aliphatic carbocycles. The number of benzene rings is 1. The predicted octanol–water partition coefficient (Wildman–Crippen LogP) is 1.82. The van der Waals surface area contributed by atoms with Gasteiger partial charge in [-0.3, -0.25) is 14.9 Å². The molecule has 3 N–H and O–H groups in total. The van der Waals surface area contributed by atoms with Crippen molar-refractivity contribution < 1.29 is 23.9 Å². The van der Waals surface area contributed by atoms with Gasteiger partial charge >= 0.3 is 12.0 Å². The predicted molar refractivity (Wildman–Crippen MR) is 94.5 cm³/mol. The number of rotatable bonds is 5. The first-order valence-corrected chi connectivity index (χ1v) is 8.34. The van der Waals surface area contributed by atoms with Gasteiger partial charge in [-0.05, 0) is 57.9 Å². The van der Waals surface area contributed by atoms with Crippen molar-refractivity contribution in [2.24, 2.45) is 5.92 Å². The van der Waals surface area contributed by atoms with Gasteiger partial charge in [0.1, 0.15) is 0 Å². The Kier molecular flexibility index (Phi) is 5.97. The van der Waals surface area contributed by atoms with Gasteiger partial charge in [0.15, 0.2) is 6.61 Å². The van der Waals surface area contributed by atoms with E-state index >= 15 is 0 Å². The highest BCUT2D eigenvalue weighted by molar-refractivity contribution is 5.98. The molecule has 0 aliphatic heterocycles. The fourth-order valence-electron chi connectivity index (χ4n) is 2.03. The fraction of sp³-hybridized carbons (Fsp3) is 0.444. The molecular formula is C18H23N3O5. The van der Waals surface area contributed by atoms with Crippen molar-refractivity contribution in [3.63, 3.8) is 0 Å². The minimum atomic E-state index is -0.728. The molecule has 0 bridgehead atoms. The summed E-state index contributed by atoms with van der Waals surface area (Å²) in [5.74, 6) is -1.36. The van der Waals surface area contributed by atoms with Gasteiger partial charge in [0.2, 0.25) is 5.91 Å². The van der Waals surface area contributed by atoms with Gasteiger partial charge in [-0.25, -0.2) is 9.59 Å². The molecule has 0 aromatic heterocycles. The molecule has 4 amide bonds. The lowest BCUT2D eigenvalue weighted by Crippen LogP contribution is -2.49. The highest BCUT2D eigenvalue weighted by Crippen LogP contribution is 2.30. The maximum atomic E-state index is 11.9. The zero-order valence-corrected chi connectivity index (χ0v) is 15.0.